The lowest BCUT2D eigenvalue weighted by Crippen LogP contribution is -2.53. The van der Waals surface area contributed by atoms with E-state index in [-0.39, 0.29) is 35.2 Å². The van der Waals surface area contributed by atoms with Crippen molar-refractivity contribution in [3.63, 3.8) is 0 Å². The predicted octanol–water partition coefficient (Wildman–Crippen LogP) is 2.12. The molecule has 1 amide bonds. The molecule has 2 heterocycles. The van der Waals surface area contributed by atoms with E-state index in [1.165, 1.54) is 22.5 Å². The van der Waals surface area contributed by atoms with Gasteiger partial charge in [-0.15, -0.1) is 8.78 Å². The number of ether oxygens (including phenoxy) is 2. The molecule has 0 aliphatic carbocycles. The van der Waals surface area contributed by atoms with Gasteiger partial charge in [-0.25, -0.2) is 4.21 Å². The smallest absolute Gasteiger partial charge is 0.395 e. The number of fused-ring (bicyclic) bond motifs is 1. The van der Waals surface area contributed by atoms with Crippen LogP contribution in [-0.2, 0) is 11.3 Å². The fraction of sp³-hybridized carbons (Fsp3) is 0.533. The first kappa shape index (κ1) is 18.0. The molecular formula is C15H18F2N2O5S. The van der Waals surface area contributed by atoms with E-state index < -0.39 is 23.5 Å². The minimum Gasteiger partial charge on any atom is -0.395 e. The quantitative estimate of drug-likeness (QED) is 0.789. The number of amides is 1. The second-order valence-electron chi connectivity index (χ2n) is 6.26. The summed E-state index contributed by atoms with van der Waals surface area (Å²) in [7, 11) is 0. The Bertz CT molecular complexity index is 705. The van der Waals surface area contributed by atoms with Crippen molar-refractivity contribution in [3.8, 4) is 11.5 Å². The maximum atomic E-state index is 13.0. The van der Waals surface area contributed by atoms with Crippen LogP contribution >= 0.6 is 0 Å². The van der Waals surface area contributed by atoms with Crippen LogP contribution in [0.5, 0.6) is 11.5 Å². The van der Waals surface area contributed by atoms with Gasteiger partial charge in [0.15, 0.2) is 11.5 Å². The highest BCUT2D eigenvalue weighted by atomic mass is 32.2. The zero-order chi connectivity index (χ0) is 18.4. The molecule has 25 heavy (non-hydrogen) atoms. The lowest BCUT2D eigenvalue weighted by atomic mass is 9.95. The molecule has 7 nitrogen and oxygen atoms in total. The molecule has 10 heteroatoms. The van der Waals surface area contributed by atoms with Crippen molar-refractivity contribution in [2.24, 2.45) is 0 Å². The normalized spacial score (nSPS) is 29.2. The third kappa shape index (κ3) is 3.75. The van der Waals surface area contributed by atoms with E-state index in [9.17, 15) is 22.3 Å². The second-order valence-corrected chi connectivity index (χ2v) is 7.14. The summed E-state index contributed by atoms with van der Waals surface area (Å²) in [6.07, 6.45) is -2.72. The van der Waals surface area contributed by atoms with E-state index in [0.29, 0.717) is 12.8 Å². The zero-order valence-corrected chi connectivity index (χ0v) is 14.4. The number of carbonyl (C=O) groups excluding carboxylic acids is 1. The molecule has 1 aromatic carbocycles. The highest BCUT2D eigenvalue weighted by Crippen LogP contribution is 2.41. The molecule has 0 saturated carbocycles. The van der Waals surface area contributed by atoms with Crippen molar-refractivity contribution < 1.29 is 31.8 Å². The Morgan fingerprint density at radius 3 is 2.48 bits per heavy atom. The highest BCUT2D eigenvalue weighted by molar-refractivity contribution is 7.76. The molecule has 0 bridgehead atoms. The lowest BCUT2D eigenvalue weighted by molar-refractivity contribution is -0.286. The van der Waals surface area contributed by atoms with Crippen molar-refractivity contribution >= 4 is 17.2 Å². The Morgan fingerprint density at radius 1 is 1.28 bits per heavy atom. The molecule has 2 unspecified atom stereocenters. The Balaban J connectivity index is 1.67. The Kier molecular flexibility index (Phi) is 4.69. The standard InChI is InChI=1S/C15H18F2N2O5S/c1-8-5-11(6-9(2)19(8)25(21)22)18-14(20)10-3-4-12-13(7-10)24-15(16,17)23-12/h3-4,7-9,11H,5-6H2,1-2H3,(H,18,20)(H,21,22)/t8-,9+,11?. The van der Waals surface area contributed by atoms with Gasteiger partial charge in [0.2, 0.25) is 11.3 Å². The number of piperidine rings is 1. The summed E-state index contributed by atoms with van der Waals surface area (Å²) in [5.41, 5.74) is 0.175. The molecule has 4 atom stereocenters. The van der Waals surface area contributed by atoms with Gasteiger partial charge in [-0.1, -0.05) is 0 Å². The molecule has 0 aromatic heterocycles. The van der Waals surface area contributed by atoms with Crippen molar-refractivity contribution in [2.45, 2.75) is 51.1 Å². The first-order valence-electron chi connectivity index (χ1n) is 7.76. The average molecular weight is 376 g/mol. The van der Waals surface area contributed by atoms with Crippen LogP contribution in [0.25, 0.3) is 0 Å². The molecule has 0 spiro atoms. The number of nitrogens with zero attached hydrogens (tertiary/aromatic N) is 1. The van der Waals surface area contributed by atoms with Gasteiger partial charge >= 0.3 is 6.29 Å². The molecule has 1 aromatic rings. The van der Waals surface area contributed by atoms with Gasteiger partial charge in [0, 0.05) is 23.7 Å². The molecule has 1 fully saturated rings. The summed E-state index contributed by atoms with van der Waals surface area (Å²) in [4.78, 5) is 12.4. The van der Waals surface area contributed by atoms with E-state index in [2.05, 4.69) is 14.8 Å². The van der Waals surface area contributed by atoms with Gasteiger partial charge < -0.3 is 14.8 Å². The zero-order valence-electron chi connectivity index (χ0n) is 13.6. The van der Waals surface area contributed by atoms with Crippen molar-refractivity contribution in [2.75, 3.05) is 0 Å². The first-order chi connectivity index (χ1) is 11.7. The molecule has 2 aliphatic rings. The molecule has 3 rings (SSSR count). The van der Waals surface area contributed by atoms with E-state index >= 15 is 0 Å². The summed E-state index contributed by atoms with van der Waals surface area (Å²) in [5.74, 6) is -0.739. The number of halogens is 2. The summed E-state index contributed by atoms with van der Waals surface area (Å²) in [6, 6.07) is 3.28. The van der Waals surface area contributed by atoms with Crippen LogP contribution in [-0.4, -0.2) is 43.4 Å². The fourth-order valence-electron chi connectivity index (χ4n) is 3.35. The Morgan fingerprint density at radius 2 is 1.88 bits per heavy atom. The number of benzene rings is 1. The maximum absolute atomic E-state index is 13.0. The largest absolute Gasteiger partial charge is 0.586 e. The van der Waals surface area contributed by atoms with Crippen LogP contribution in [0.2, 0.25) is 0 Å². The number of carbonyl (C=O) groups is 1. The number of hydrogen-bond donors (Lipinski definition) is 2. The van der Waals surface area contributed by atoms with Gasteiger partial charge in [0.25, 0.3) is 5.91 Å². The highest BCUT2D eigenvalue weighted by Gasteiger charge is 2.43. The molecule has 2 N–H and O–H groups in total. The number of rotatable bonds is 3. The minimum absolute atomic E-state index is 0.123. The third-order valence-corrected chi connectivity index (χ3v) is 5.38. The number of hydrogen-bond acceptors (Lipinski definition) is 4. The molecule has 2 aliphatic heterocycles. The lowest BCUT2D eigenvalue weighted by Gasteiger charge is -2.39. The molecule has 1 saturated heterocycles. The summed E-state index contributed by atoms with van der Waals surface area (Å²) < 4.78 is 56.9. The van der Waals surface area contributed by atoms with Crippen LogP contribution in [0.4, 0.5) is 8.78 Å². The van der Waals surface area contributed by atoms with Gasteiger partial charge in [-0.2, -0.15) is 4.31 Å². The predicted molar refractivity (Wildman–Crippen MR) is 84.7 cm³/mol. The van der Waals surface area contributed by atoms with Crippen molar-refractivity contribution in [3.05, 3.63) is 23.8 Å². The summed E-state index contributed by atoms with van der Waals surface area (Å²) in [6.45, 7) is 3.62. The number of nitrogens with one attached hydrogen (secondary N) is 1. The monoisotopic (exact) mass is 376 g/mol. The second kappa shape index (κ2) is 6.50. The van der Waals surface area contributed by atoms with E-state index in [1.54, 1.807) is 0 Å². The van der Waals surface area contributed by atoms with Gasteiger partial charge in [-0.3, -0.25) is 9.35 Å². The van der Waals surface area contributed by atoms with Crippen LogP contribution in [0.3, 0.4) is 0 Å². The first-order valence-corrected chi connectivity index (χ1v) is 8.82. The Labute approximate surface area is 145 Å². The summed E-state index contributed by atoms with van der Waals surface area (Å²) >= 11 is -2.06. The van der Waals surface area contributed by atoms with Crippen LogP contribution in [0.1, 0.15) is 37.0 Å². The third-order valence-electron chi connectivity index (χ3n) is 4.30. The van der Waals surface area contributed by atoms with E-state index in [1.807, 2.05) is 13.8 Å². The minimum atomic E-state index is -3.73. The van der Waals surface area contributed by atoms with E-state index in [0.717, 1.165) is 0 Å². The van der Waals surface area contributed by atoms with Crippen LogP contribution in [0.15, 0.2) is 18.2 Å². The fourth-order valence-corrected chi connectivity index (χ4v) is 4.13. The average Bonchev–Trinajstić information content (AvgIpc) is 2.78. The molecule has 138 valence electrons. The SMILES string of the molecule is C[C@@H]1CC(NC(=O)c2ccc3c(c2)OC(F)(F)O3)C[C@H](C)N1S(=O)O. The summed E-state index contributed by atoms with van der Waals surface area (Å²) in [5, 5.41) is 2.84. The maximum Gasteiger partial charge on any atom is 0.586 e. The van der Waals surface area contributed by atoms with Crippen LogP contribution < -0.4 is 14.8 Å². The number of alkyl halides is 2. The Hall–Kier alpha value is -1.78. The van der Waals surface area contributed by atoms with E-state index in [4.69, 9.17) is 0 Å². The van der Waals surface area contributed by atoms with Gasteiger partial charge in [0.1, 0.15) is 0 Å². The van der Waals surface area contributed by atoms with Gasteiger partial charge in [0.05, 0.1) is 0 Å². The van der Waals surface area contributed by atoms with Crippen molar-refractivity contribution in [1.82, 2.24) is 9.62 Å². The van der Waals surface area contributed by atoms with Crippen LogP contribution in [0, 0.1) is 0 Å². The molecule has 0 radical (unpaired) electrons. The van der Waals surface area contributed by atoms with Crippen molar-refractivity contribution in [1.29, 1.82) is 0 Å². The topological polar surface area (TPSA) is 88.1 Å². The molecular weight excluding hydrogens is 358 g/mol. The van der Waals surface area contributed by atoms with Gasteiger partial charge in [-0.05, 0) is 44.9 Å².